The quantitative estimate of drug-likeness (QED) is 0.216. The highest BCUT2D eigenvalue weighted by Crippen LogP contribution is 2.33. The summed E-state index contributed by atoms with van der Waals surface area (Å²) in [5.74, 6) is 0.621. The monoisotopic (exact) mass is 623 g/mol. The lowest BCUT2D eigenvalue weighted by Gasteiger charge is -2.21. The SMILES string of the molecule is CCNc1nc(-c2ccc(NC(=O)N=C3SCC(=O)N3c3ccccc3C(C)C)cc2)nn1-c1ccc(OC(F)(F)F)cc1. The van der Waals surface area contributed by atoms with E-state index in [1.54, 1.807) is 24.3 Å². The molecule has 0 atom stereocenters. The van der Waals surface area contributed by atoms with Crippen molar-refractivity contribution in [3.63, 3.8) is 0 Å². The summed E-state index contributed by atoms with van der Waals surface area (Å²) in [6.07, 6.45) is -4.79. The number of halogens is 3. The standard InChI is InChI=1S/C30H28F3N7O3S/c1-4-34-27-36-26(38-40(27)21-13-15-22(16-14-21)43-30(31,32)33)19-9-11-20(12-10-19)35-28(42)37-29-39(25(41)17-44-29)24-8-6-5-7-23(24)18(2)3/h5-16,18H,4,17H2,1-3H3,(H,35,42)(H,34,36,38). The van der Waals surface area contributed by atoms with Crippen LogP contribution in [0.3, 0.4) is 0 Å². The molecule has 2 N–H and O–H groups in total. The average Bonchev–Trinajstić information content (AvgIpc) is 3.56. The van der Waals surface area contributed by atoms with E-state index in [9.17, 15) is 22.8 Å². The molecule has 4 aromatic rings. The predicted molar refractivity (Wildman–Crippen MR) is 165 cm³/mol. The van der Waals surface area contributed by atoms with Crippen LogP contribution in [-0.4, -0.2) is 50.5 Å². The second-order valence-corrected chi connectivity index (χ2v) is 10.8. The van der Waals surface area contributed by atoms with Crippen LogP contribution < -0.4 is 20.3 Å². The van der Waals surface area contributed by atoms with E-state index in [2.05, 4.69) is 30.4 Å². The molecule has 0 unspecified atom stereocenters. The van der Waals surface area contributed by atoms with Crippen molar-refractivity contribution in [2.45, 2.75) is 33.1 Å². The van der Waals surface area contributed by atoms with E-state index in [1.165, 1.54) is 45.6 Å². The van der Waals surface area contributed by atoms with E-state index in [0.29, 0.717) is 46.1 Å². The van der Waals surface area contributed by atoms with Gasteiger partial charge in [0.15, 0.2) is 11.0 Å². The van der Waals surface area contributed by atoms with Crippen LogP contribution in [0.5, 0.6) is 5.75 Å². The zero-order valence-electron chi connectivity index (χ0n) is 23.9. The van der Waals surface area contributed by atoms with Crippen molar-refractivity contribution < 1.29 is 27.5 Å². The van der Waals surface area contributed by atoms with Crippen LogP contribution in [0.1, 0.15) is 32.3 Å². The molecule has 0 aliphatic carbocycles. The van der Waals surface area contributed by atoms with Crippen LogP contribution in [0.4, 0.5) is 35.3 Å². The smallest absolute Gasteiger partial charge is 0.406 e. The Hall–Kier alpha value is -4.85. The number of nitrogens with one attached hydrogen (secondary N) is 2. The number of anilines is 3. The van der Waals surface area contributed by atoms with Crippen molar-refractivity contribution >= 4 is 46.2 Å². The van der Waals surface area contributed by atoms with Crippen molar-refractivity contribution in [3.8, 4) is 22.8 Å². The molecular weight excluding hydrogens is 595 g/mol. The van der Waals surface area contributed by atoms with Gasteiger partial charge in [-0.1, -0.05) is 43.8 Å². The van der Waals surface area contributed by atoms with E-state index in [1.807, 2.05) is 45.0 Å². The van der Waals surface area contributed by atoms with Gasteiger partial charge in [-0.3, -0.25) is 9.69 Å². The normalized spacial score (nSPS) is 14.4. The number of amidine groups is 1. The molecule has 44 heavy (non-hydrogen) atoms. The number of benzene rings is 3. The molecule has 1 aliphatic heterocycles. The Morgan fingerprint density at radius 1 is 1.07 bits per heavy atom. The molecule has 1 aromatic heterocycles. The Balaban J connectivity index is 1.32. The van der Waals surface area contributed by atoms with Crippen LogP contribution in [0.25, 0.3) is 17.1 Å². The topological polar surface area (TPSA) is 114 Å². The molecule has 1 fully saturated rings. The van der Waals surface area contributed by atoms with Gasteiger partial charge in [0.05, 0.1) is 17.1 Å². The molecule has 0 bridgehead atoms. The lowest BCUT2D eigenvalue weighted by Crippen LogP contribution is -2.31. The number of ether oxygens (including phenoxy) is 1. The Morgan fingerprint density at radius 3 is 2.43 bits per heavy atom. The molecule has 1 aliphatic rings. The number of aliphatic imine (C=N–C) groups is 1. The zero-order valence-corrected chi connectivity index (χ0v) is 24.7. The Bertz CT molecular complexity index is 1690. The predicted octanol–water partition coefficient (Wildman–Crippen LogP) is 7.06. The summed E-state index contributed by atoms with van der Waals surface area (Å²) in [7, 11) is 0. The van der Waals surface area contributed by atoms with Gasteiger partial charge in [-0.25, -0.2) is 4.79 Å². The summed E-state index contributed by atoms with van der Waals surface area (Å²) in [6.45, 7) is 6.48. The number of aromatic nitrogens is 3. The molecule has 0 saturated carbocycles. The van der Waals surface area contributed by atoms with Gasteiger partial charge in [-0.15, -0.1) is 18.3 Å². The third-order valence-electron chi connectivity index (χ3n) is 6.41. The van der Waals surface area contributed by atoms with Gasteiger partial charge < -0.3 is 15.4 Å². The fourth-order valence-corrected chi connectivity index (χ4v) is 5.34. The number of rotatable bonds is 8. The van der Waals surface area contributed by atoms with Gasteiger partial charge in [-0.2, -0.15) is 14.7 Å². The van der Waals surface area contributed by atoms with E-state index in [0.717, 1.165) is 5.56 Å². The number of para-hydroxylation sites is 1. The summed E-state index contributed by atoms with van der Waals surface area (Å²) >= 11 is 1.21. The van der Waals surface area contributed by atoms with Gasteiger partial charge in [0.2, 0.25) is 11.9 Å². The number of amides is 3. The van der Waals surface area contributed by atoms with Gasteiger partial charge in [-0.05, 0) is 73.0 Å². The van der Waals surface area contributed by atoms with Crippen LogP contribution in [0.15, 0.2) is 77.8 Å². The van der Waals surface area contributed by atoms with Crippen molar-refractivity contribution in [3.05, 3.63) is 78.4 Å². The number of carbonyl (C=O) groups excluding carboxylic acids is 2. The van der Waals surface area contributed by atoms with E-state index < -0.39 is 12.4 Å². The number of thioether (sulfide) groups is 1. The van der Waals surface area contributed by atoms with Crippen LogP contribution >= 0.6 is 11.8 Å². The summed E-state index contributed by atoms with van der Waals surface area (Å²) in [5, 5.41) is 10.7. The van der Waals surface area contributed by atoms with E-state index in [4.69, 9.17) is 0 Å². The number of urea groups is 1. The third kappa shape index (κ3) is 7.02. The first kappa shape index (κ1) is 30.6. The van der Waals surface area contributed by atoms with Crippen molar-refractivity contribution in [2.75, 3.05) is 27.8 Å². The molecule has 0 spiro atoms. The number of carbonyl (C=O) groups is 2. The zero-order chi connectivity index (χ0) is 31.4. The maximum absolute atomic E-state index is 12.8. The average molecular weight is 624 g/mol. The fraction of sp³-hybridized carbons (Fsp3) is 0.233. The minimum Gasteiger partial charge on any atom is -0.406 e. The highest BCUT2D eigenvalue weighted by atomic mass is 32.2. The van der Waals surface area contributed by atoms with Gasteiger partial charge in [0, 0.05) is 17.8 Å². The number of hydrogen-bond acceptors (Lipinski definition) is 7. The molecule has 228 valence electrons. The molecule has 2 heterocycles. The lowest BCUT2D eigenvalue weighted by molar-refractivity contribution is -0.274. The summed E-state index contributed by atoms with van der Waals surface area (Å²) in [6, 6.07) is 19.0. The highest BCUT2D eigenvalue weighted by Gasteiger charge is 2.32. The largest absolute Gasteiger partial charge is 0.573 e. The molecule has 10 nitrogen and oxygen atoms in total. The minimum atomic E-state index is -4.79. The van der Waals surface area contributed by atoms with Gasteiger partial charge in [0.25, 0.3) is 0 Å². The van der Waals surface area contributed by atoms with Crippen molar-refractivity contribution in [1.82, 2.24) is 14.8 Å². The number of alkyl halides is 3. The molecule has 5 rings (SSSR count). The Kier molecular flexibility index (Phi) is 8.90. The van der Waals surface area contributed by atoms with Crippen molar-refractivity contribution in [2.24, 2.45) is 4.99 Å². The molecular formula is C30H28F3N7O3S. The first-order chi connectivity index (χ1) is 21.0. The molecule has 3 aromatic carbocycles. The second-order valence-electron chi connectivity index (χ2n) is 9.88. The van der Waals surface area contributed by atoms with E-state index >= 15 is 0 Å². The Labute approximate surface area is 255 Å². The second kappa shape index (κ2) is 12.8. The fourth-order valence-electron chi connectivity index (χ4n) is 4.48. The van der Waals surface area contributed by atoms with Crippen molar-refractivity contribution in [1.29, 1.82) is 0 Å². The first-order valence-corrected chi connectivity index (χ1v) is 14.6. The molecule has 1 saturated heterocycles. The molecule has 3 amide bonds. The molecule has 0 radical (unpaired) electrons. The maximum Gasteiger partial charge on any atom is 0.573 e. The summed E-state index contributed by atoms with van der Waals surface area (Å²) < 4.78 is 43.0. The number of nitrogens with zero attached hydrogens (tertiary/aromatic N) is 5. The minimum absolute atomic E-state index is 0.145. The lowest BCUT2D eigenvalue weighted by atomic mass is 10.0. The Morgan fingerprint density at radius 2 is 1.77 bits per heavy atom. The van der Waals surface area contributed by atoms with Crippen LogP contribution in [-0.2, 0) is 4.79 Å². The first-order valence-electron chi connectivity index (χ1n) is 13.6. The molecule has 14 heteroatoms. The summed E-state index contributed by atoms with van der Waals surface area (Å²) in [4.78, 5) is 35.8. The van der Waals surface area contributed by atoms with Gasteiger partial charge in [0.1, 0.15) is 5.75 Å². The maximum atomic E-state index is 12.8. The third-order valence-corrected chi connectivity index (χ3v) is 7.34. The number of hydrogen-bond donors (Lipinski definition) is 2. The summed E-state index contributed by atoms with van der Waals surface area (Å²) in [5.41, 5.74) is 3.28. The van der Waals surface area contributed by atoms with Gasteiger partial charge >= 0.3 is 12.4 Å². The van der Waals surface area contributed by atoms with E-state index in [-0.39, 0.29) is 23.3 Å². The van der Waals surface area contributed by atoms with Crippen LogP contribution in [0, 0.1) is 0 Å². The highest BCUT2D eigenvalue weighted by molar-refractivity contribution is 8.15. The van der Waals surface area contributed by atoms with Crippen LogP contribution in [0.2, 0.25) is 0 Å².